The molecule has 0 aromatic carbocycles. The molecule has 28 heavy (non-hydrogen) atoms. The van der Waals surface area contributed by atoms with Gasteiger partial charge in [0.15, 0.2) is 0 Å². The first-order valence-electron chi connectivity index (χ1n) is 11.7. The topological polar surface area (TPSA) is 47.6 Å². The van der Waals surface area contributed by atoms with Gasteiger partial charge in [-0.3, -0.25) is 0 Å². The maximum atomic E-state index is 12.4. The number of hydrogen-bond donors (Lipinski definition) is 1. The van der Waals surface area contributed by atoms with E-state index in [9.17, 15) is 4.79 Å². The second-order valence-electron chi connectivity index (χ2n) is 9.65. The van der Waals surface area contributed by atoms with Crippen LogP contribution in [-0.4, -0.2) is 31.5 Å². The highest BCUT2D eigenvalue weighted by Crippen LogP contribution is 2.53. The first kappa shape index (κ1) is 21.7. The van der Waals surface area contributed by atoms with Gasteiger partial charge in [-0.2, -0.15) is 0 Å². The third-order valence-corrected chi connectivity index (χ3v) is 7.85. The zero-order valence-electron chi connectivity index (χ0n) is 18.5. The molecule has 3 aliphatic rings. The molecule has 1 saturated carbocycles. The van der Waals surface area contributed by atoms with Crippen LogP contribution in [-0.2, 0) is 9.47 Å². The number of alkyl carbamates (subject to hydrolysis) is 1. The molecule has 160 valence electrons. The highest BCUT2D eigenvalue weighted by molar-refractivity contribution is 5.67. The van der Waals surface area contributed by atoms with E-state index >= 15 is 0 Å². The number of rotatable bonds is 7. The van der Waals surface area contributed by atoms with Gasteiger partial charge in [0, 0.05) is 17.4 Å². The van der Waals surface area contributed by atoms with Crippen molar-refractivity contribution in [2.45, 2.75) is 97.6 Å². The third-order valence-electron chi connectivity index (χ3n) is 7.85. The second-order valence-corrected chi connectivity index (χ2v) is 9.65. The lowest BCUT2D eigenvalue weighted by molar-refractivity contribution is -0.165. The maximum absolute atomic E-state index is 12.4. The molecule has 1 heterocycles. The molecule has 0 spiro atoms. The minimum absolute atomic E-state index is 0.102. The Morgan fingerprint density at radius 2 is 2.00 bits per heavy atom. The van der Waals surface area contributed by atoms with E-state index in [-0.39, 0.29) is 11.5 Å². The van der Waals surface area contributed by atoms with Crippen molar-refractivity contribution in [2.24, 2.45) is 23.2 Å². The van der Waals surface area contributed by atoms with Gasteiger partial charge in [0.1, 0.15) is 6.61 Å². The number of fused-ring (bicyclic) bond motifs is 2. The summed E-state index contributed by atoms with van der Waals surface area (Å²) in [6, 6.07) is 0.292. The van der Waals surface area contributed by atoms with Crippen molar-refractivity contribution in [3.63, 3.8) is 0 Å². The summed E-state index contributed by atoms with van der Waals surface area (Å²) in [6.45, 7) is 10.3. The molecule has 1 N–H and O–H groups in total. The lowest BCUT2D eigenvalue weighted by atomic mass is 9.56. The Kier molecular flexibility index (Phi) is 7.47. The van der Waals surface area contributed by atoms with E-state index in [1.165, 1.54) is 44.1 Å². The summed E-state index contributed by atoms with van der Waals surface area (Å²) in [5, 5.41) is 3.09. The van der Waals surface area contributed by atoms with Gasteiger partial charge < -0.3 is 14.8 Å². The molecule has 4 nitrogen and oxygen atoms in total. The molecule has 4 heteroatoms. The van der Waals surface area contributed by atoms with Gasteiger partial charge in [-0.05, 0) is 38.0 Å². The largest absolute Gasteiger partial charge is 0.449 e. The van der Waals surface area contributed by atoms with Gasteiger partial charge in [-0.1, -0.05) is 70.9 Å². The Bertz CT molecular complexity index is 554. The molecule has 0 aromatic rings. The molecule has 3 rings (SSSR count). The van der Waals surface area contributed by atoms with E-state index in [0.717, 1.165) is 19.3 Å². The molecule has 2 fully saturated rings. The van der Waals surface area contributed by atoms with E-state index in [2.05, 4.69) is 39.1 Å². The fourth-order valence-corrected chi connectivity index (χ4v) is 5.90. The lowest BCUT2D eigenvalue weighted by Gasteiger charge is -2.55. The van der Waals surface area contributed by atoms with Crippen LogP contribution in [0, 0.1) is 23.2 Å². The summed E-state index contributed by atoms with van der Waals surface area (Å²) < 4.78 is 12.2. The number of carbonyl (C=O) groups excluding carboxylic acids is 1. The molecule has 5 atom stereocenters. The van der Waals surface area contributed by atoms with E-state index in [0.29, 0.717) is 43.1 Å². The fourth-order valence-electron chi connectivity index (χ4n) is 5.90. The fraction of sp³-hybridized carbons (Fsp3) is 0.875. The lowest BCUT2D eigenvalue weighted by Crippen LogP contribution is -2.57. The minimum Gasteiger partial charge on any atom is -0.449 e. The normalized spacial score (nSPS) is 35.9. The van der Waals surface area contributed by atoms with Crippen LogP contribution in [0.4, 0.5) is 4.79 Å². The number of unbranched alkanes of at least 4 members (excludes halogenated alkanes) is 2. The van der Waals surface area contributed by atoms with Crippen LogP contribution in [0.25, 0.3) is 0 Å². The van der Waals surface area contributed by atoms with E-state index < -0.39 is 0 Å². The van der Waals surface area contributed by atoms with Gasteiger partial charge in [0.05, 0.1) is 12.7 Å². The molecular weight excluding hydrogens is 350 g/mol. The van der Waals surface area contributed by atoms with Crippen LogP contribution < -0.4 is 5.32 Å². The molecule has 0 aromatic heterocycles. The van der Waals surface area contributed by atoms with E-state index in [1.54, 1.807) is 0 Å². The Morgan fingerprint density at radius 3 is 2.71 bits per heavy atom. The zero-order chi connectivity index (χ0) is 20.1. The monoisotopic (exact) mass is 391 g/mol. The third kappa shape index (κ3) is 4.58. The van der Waals surface area contributed by atoms with Crippen LogP contribution in [0.3, 0.4) is 0 Å². The summed E-state index contributed by atoms with van der Waals surface area (Å²) in [5.41, 5.74) is 1.36. The van der Waals surface area contributed by atoms with Crippen LogP contribution in [0.15, 0.2) is 11.6 Å². The van der Waals surface area contributed by atoms with Gasteiger partial charge in [-0.15, -0.1) is 0 Å². The maximum Gasteiger partial charge on any atom is 0.407 e. The number of carbonyl (C=O) groups is 1. The van der Waals surface area contributed by atoms with Crippen molar-refractivity contribution in [3.05, 3.63) is 11.6 Å². The predicted octanol–water partition coefficient (Wildman–Crippen LogP) is 5.86. The smallest absolute Gasteiger partial charge is 0.407 e. The number of allylic oxidation sites excluding steroid dienone is 1. The average molecular weight is 392 g/mol. The van der Waals surface area contributed by atoms with Crippen molar-refractivity contribution >= 4 is 6.09 Å². The SMILES string of the molecule is CCCCC[C@H]1OC[C@@]2(COC(=O)NC3CCCCC3)[C@H](C)C=C(C)[C@@H]1[C@H]2C. The Balaban J connectivity index is 1.62. The second kappa shape index (κ2) is 9.65. The zero-order valence-corrected chi connectivity index (χ0v) is 18.5. The summed E-state index contributed by atoms with van der Waals surface area (Å²) in [6.07, 6.45) is 13.3. The quantitative estimate of drug-likeness (QED) is 0.437. The minimum atomic E-state index is -0.242. The Hall–Kier alpha value is -1.03. The molecule has 1 amide bonds. The van der Waals surface area contributed by atoms with Crippen LogP contribution in [0.1, 0.15) is 85.5 Å². The average Bonchev–Trinajstić information content (AvgIpc) is 2.67. The summed E-state index contributed by atoms with van der Waals surface area (Å²) in [5.74, 6) is 1.28. The number of ether oxygens (including phenoxy) is 2. The first-order chi connectivity index (χ1) is 13.5. The van der Waals surface area contributed by atoms with Crippen LogP contribution >= 0.6 is 0 Å². The van der Waals surface area contributed by atoms with Gasteiger partial charge in [-0.25, -0.2) is 4.79 Å². The summed E-state index contributed by atoms with van der Waals surface area (Å²) in [7, 11) is 0. The van der Waals surface area contributed by atoms with Crippen molar-refractivity contribution in [3.8, 4) is 0 Å². The van der Waals surface area contributed by atoms with Crippen molar-refractivity contribution in [1.29, 1.82) is 0 Å². The van der Waals surface area contributed by atoms with Crippen LogP contribution in [0.5, 0.6) is 0 Å². The number of hydrogen-bond acceptors (Lipinski definition) is 3. The van der Waals surface area contributed by atoms with E-state index in [4.69, 9.17) is 9.47 Å². The predicted molar refractivity (Wildman–Crippen MR) is 113 cm³/mol. The molecule has 0 unspecified atom stereocenters. The summed E-state index contributed by atoms with van der Waals surface area (Å²) >= 11 is 0. The Morgan fingerprint density at radius 1 is 1.25 bits per heavy atom. The number of nitrogens with one attached hydrogen (secondary N) is 1. The Labute approximate surface area is 171 Å². The molecule has 1 saturated heterocycles. The number of amides is 1. The standard InChI is InChI=1S/C24H41NO3/c1-5-6-8-13-21-22-17(2)14-18(3)24(15-27-21,19(22)4)16-28-23(26)25-20-11-9-7-10-12-20/h14,18-22H,5-13,15-16H2,1-4H3,(H,25,26)/t18-,19-,21-,22-,24-/m1/s1. The van der Waals surface area contributed by atoms with Crippen molar-refractivity contribution < 1.29 is 14.3 Å². The van der Waals surface area contributed by atoms with E-state index in [1.807, 2.05) is 0 Å². The molecule has 1 aliphatic heterocycles. The van der Waals surface area contributed by atoms with Crippen LogP contribution in [0.2, 0.25) is 0 Å². The highest BCUT2D eigenvalue weighted by Gasteiger charge is 2.53. The van der Waals surface area contributed by atoms with Crippen molar-refractivity contribution in [1.82, 2.24) is 5.32 Å². The molecule has 2 bridgehead atoms. The molecule has 2 aliphatic carbocycles. The molecular formula is C24H41NO3. The van der Waals surface area contributed by atoms with Gasteiger partial charge >= 0.3 is 6.09 Å². The summed E-state index contributed by atoms with van der Waals surface area (Å²) in [4.78, 5) is 12.4. The van der Waals surface area contributed by atoms with Crippen molar-refractivity contribution in [2.75, 3.05) is 13.2 Å². The first-order valence-corrected chi connectivity index (χ1v) is 11.7. The molecule has 0 radical (unpaired) electrons. The highest BCUT2D eigenvalue weighted by atomic mass is 16.6. The van der Waals surface area contributed by atoms with Gasteiger partial charge in [0.25, 0.3) is 0 Å². The van der Waals surface area contributed by atoms with Gasteiger partial charge in [0.2, 0.25) is 0 Å².